The maximum atomic E-state index is 12.9. The van der Waals surface area contributed by atoms with Crippen molar-refractivity contribution in [1.29, 1.82) is 0 Å². The summed E-state index contributed by atoms with van der Waals surface area (Å²) in [5.74, 6) is 0.967. The fourth-order valence-electron chi connectivity index (χ4n) is 2.71. The van der Waals surface area contributed by atoms with E-state index < -0.39 is 0 Å². The number of hydrogen-bond donors (Lipinski definition) is 1. The zero-order valence-corrected chi connectivity index (χ0v) is 13.0. The molecule has 1 aliphatic rings. The summed E-state index contributed by atoms with van der Waals surface area (Å²) in [7, 11) is 3.11. The number of hydrogen-bond acceptors (Lipinski definition) is 3. The summed E-state index contributed by atoms with van der Waals surface area (Å²) in [5.41, 5.74) is 1.66. The Morgan fingerprint density at radius 3 is 2.43 bits per heavy atom. The summed E-state index contributed by atoms with van der Waals surface area (Å²) < 4.78 is 23.3. The molecule has 0 aliphatic heterocycles. The fraction of sp³-hybridized carbons (Fsp3) is 0.278. The Morgan fingerprint density at radius 1 is 1.09 bits per heavy atom. The Balaban J connectivity index is 1.65. The number of halogens is 1. The van der Waals surface area contributed by atoms with Crippen LogP contribution in [0.25, 0.3) is 0 Å². The Morgan fingerprint density at radius 2 is 1.78 bits per heavy atom. The molecule has 0 spiro atoms. The number of ether oxygens (including phenoxy) is 2. The second-order valence-electron chi connectivity index (χ2n) is 5.56. The largest absolute Gasteiger partial charge is 0.493 e. The number of rotatable bonds is 5. The minimum Gasteiger partial charge on any atom is -0.493 e. The van der Waals surface area contributed by atoms with Gasteiger partial charge in [0.2, 0.25) is 5.91 Å². The van der Waals surface area contributed by atoms with Crippen molar-refractivity contribution in [2.24, 2.45) is 5.92 Å². The van der Waals surface area contributed by atoms with Crippen LogP contribution >= 0.6 is 0 Å². The molecule has 0 aromatic heterocycles. The molecule has 120 valence electrons. The first-order valence-corrected chi connectivity index (χ1v) is 7.40. The molecule has 0 radical (unpaired) electrons. The second-order valence-corrected chi connectivity index (χ2v) is 5.56. The molecule has 1 amide bonds. The van der Waals surface area contributed by atoms with Crippen molar-refractivity contribution in [3.8, 4) is 11.5 Å². The maximum Gasteiger partial charge on any atom is 0.228 e. The van der Waals surface area contributed by atoms with Gasteiger partial charge in [-0.2, -0.15) is 0 Å². The van der Waals surface area contributed by atoms with E-state index in [0.717, 1.165) is 12.0 Å². The van der Waals surface area contributed by atoms with Crippen molar-refractivity contribution in [3.63, 3.8) is 0 Å². The van der Waals surface area contributed by atoms with Crippen LogP contribution in [0.2, 0.25) is 0 Å². The van der Waals surface area contributed by atoms with Crippen molar-refractivity contribution in [2.45, 2.75) is 12.3 Å². The summed E-state index contributed by atoms with van der Waals surface area (Å²) in [6.07, 6.45) is 0.782. The molecule has 2 aromatic rings. The zero-order valence-electron chi connectivity index (χ0n) is 13.0. The van der Waals surface area contributed by atoms with Gasteiger partial charge in [0.25, 0.3) is 0 Å². The monoisotopic (exact) mass is 315 g/mol. The highest BCUT2D eigenvalue weighted by Gasteiger charge is 2.43. The van der Waals surface area contributed by atoms with Gasteiger partial charge in [0.1, 0.15) is 5.82 Å². The van der Waals surface area contributed by atoms with Crippen LogP contribution in [0.3, 0.4) is 0 Å². The van der Waals surface area contributed by atoms with Crippen LogP contribution in [0.15, 0.2) is 42.5 Å². The molecule has 2 aromatic carbocycles. The highest BCUT2D eigenvalue weighted by Crippen LogP contribution is 2.48. The Kier molecular flexibility index (Phi) is 4.19. The lowest BCUT2D eigenvalue weighted by molar-refractivity contribution is -0.117. The van der Waals surface area contributed by atoms with Gasteiger partial charge < -0.3 is 14.8 Å². The minimum absolute atomic E-state index is 0.0356. The van der Waals surface area contributed by atoms with Crippen molar-refractivity contribution in [3.05, 3.63) is 53.8 Å². The summed E-state index contributed by atoms with van der Waals surface area (Å²) >= 11 is 0. The number of benzene rings is 2. The van der Waals surface area contributed by atoms with Crippen molar-refractivity contribution in [1.82, 2.24) is 0 Å². The van der Waals surface area contributed by atoms with Crippen LogP contribution < -0.4 is 14.8 Å². The van der Waals surface area contributed by atoms with Crippen LogP contribution in [0.5, 0.6) is 11.5 Å². The van der Waals surface area contributed by atoms with Gasteiger partial charge in [0.15, 0.2) is 11.5 Å². The minimum atomic E-state index is -0.263. The van der Waals surface area contributed by atoms with Crippen molar-refractivity contribution in [2.75, 3.05) is 19.5 Å². The normalized spacial score (nSPS) is 19.1. The quantitative estimate of drug-likeness (QED) is 0.917. The van der Waals surface area contributed by atoms with E-state index in [2.05, 4.69) is 5.32 Å². The number of amides is 1. The number of carbonyl (C=O) groups excluding carboxylic acids is 1. The van der Waals surface area contributed by atoms with E-state index in [1.54, 1.807) is 44.6 Å². The number of anilines is 1. The molecule has 3 rings (SSSR count). The van der Waals surface area contributed by atoms with Gasteiger partial charge in [0, 0.05) is 17.7 Å². The number of methoxy groups -OCH3 is 2. The molecule has 1 saturated carbocycles. The molecule has 23 heavy (non-hydrogen) atoms. The molecule has 4 nitrogen and oxygen atoms in total. The van der Waals surface area contributed by atoms with Crippen molar-refractivity contribution < 1.29 is 18.7 Å². The van der Waals surface area contributed by atoms with E-state index in [1.165, 1.54) is 12.1 Å². The van der Waals surface area contributed by atoms with Crippen LogP contribution in [0.4, 0.5) is 10.1 Å². The van der Waals surface area contributed by atoms with E-state index in [-0.39, 0.29) is 23.6 Å². The van der Waals surface area contributed by atoms with Gasteiger partial charge in [-0.05, 0) is 42.2 Å². The molecule has 1 N–H and O–H groups in total. The van der Waals surface area contributed by atoms with E-state index in [4.69, 9.17) is 9.47 Å². The summed E-state index contributed by atoms with van der Waals surface area (Å²) in [5, 5.41) is 2.89. The predicted octanol–water partition coefficient (Wildman–Crippen LogP) is 3.59. The lowest BCUT2D eigenvalue weighted by Crippen LogP contribution is -2.14. The van der Waals surface area contributed by atoms with Crippen LogP contribution in [-0.2, 0) is 4.79 Å². The lowest BCUT2D eigenvalue weighted by Gasteiger charge is -2.10. The van der Waals surface area contributed by atoms with Crippen LogP contribution in [0.1, 0.15) is 17.9 Å². The average molecular weight is 315 g/mol. The van der Waals surface area contributed by atoms with E-state index in [9.17, 15) is 9.18 Å². The maximum absolute atomic E-state index is 12.9. The van der Waals surface area contributed by atoms with Gasteiger partial charge in [-0.3, -0.25) is 4.79 Å². The molecule has 5 heteroatoms. The average Bonchev–Trinajstić information content (AvgIpc) is 3.36. The van der Waals surface area contributed by atoms with Crippen LogP contribution in [0, 0.1) is 11.7 Å². The highest BCUT2D eigenvalue weighted by molar-refractivity contribution is 5.95. The van der Waals surface area contributed by atoms with Gasteiger partial charge in [0.05, 0.1) is 14.2 Å². The summed E-state index contributed by atoms with van der Waals surface area (Å²) in [6, 6.07) is 11.6. The molecular formula is C18H18FNO3. The van der Waals surface area contributed by atoms with Crippen molar-refractivity contribution >= 4 is 11.6 Å². The zero-order chi connectivity index (χ0) is 16.4. The third-order valence-corrected chi connectivity index (χ3v) is 4.08. The molecule has 2 atom stereocenters. The Hall–Kier alpha value is -2.56. The lowest BCUT2D eigenvalue weighted by atomic mass is 10.1. The Labute approximate surface area is 134 Å². The van der Waals surface area contributed by atoms with E-state index >= 15 is 0 Å². The number of nitrogens with one attached hydrogen (secondary N) is 1. The molecule has 2 unspecified atom stereocenters. The first-order chi connectivity index (χ1) is 11.1. The molecule has 1 aliphatic carbocycles. The summed E-state index contributed by atoms with van der Waals surface area (Å²) in [4.78, 5) is 12.3. The third-order valence-electron chi connectivity index (χ3n) is 4.08. The van der Waals surface area contributed by atoms with E-state index in [1.807, 2.05) is 0 Å². The molecule has 0 saturated heterocycles. The van der Waals surface area contributed by atoms with E-state index in [0.29, 0.717) is 17.2 Å². The first-order valence-electron chi connectivity index (χ1n) is 7.40. The van der Waals surface area contributed by atoms with Gasteiger partial charge in [-0.15, -0.1) is 0 Å². The first kappa shape index (κ1) is 15.3. The second kappa shape index (κ2) is 6.28. The van der Waals surface area contributed by atoms with Gasteiger partial charge in [-0.1, -0.05) is 12.1 Å². The van der Waals surface area contributed by atoms with Crippen LogP contribution in [-0.4, -0.2) is 20.1 Å². The fourth-order valence-corrected chi connectivity index (χ4v) is 2.71. The molecule has 0 bridgehead atoms. The molecule has 0 heterocycles. The molecule has 1 fully saturated rings. The standard InChI is InChI=1S/C18H18FNO3/c1-22-16-8-7-13(9-17(16)23-2)20-18(21)15-10-14(15)11-3-5-12(19)6-4-11/h3-9,14-15H,10H2,1-2H3,(H,20,21). The predicted molar refractivity (Wildman–Crippen MR) is 85.4 cm³/mol. The molecular weight excluding hydrogens is 297 g/mol. The third kappa shape index (κ3) is 3.28. The highest BCUT2D eigenvalue weighted by atomic mass is 19.1. The number of carbonyl (C=O) groups is 1. The topological polar surface area (TPSA) is 47.6 Å². The van der Waals surface area contributed by atoms with Gasteiger partial charge in [-0.25, -0.2) is 4.39 Å². The summed E-state index contributed by atoms with van der Waals surface area (Å²) in [6.45, 7) is 0. The Bertz CT molecular complexity index is 715. The SMILES string of the molecule is COc1ccc(NC(=O)C2CC2c2ccc(F)cc2)cc1OC. The van der Waals surface area contributed by atoms with Gasteiger partial charge >= 0.3 is 0 Å². The smallest absolute Gasteiger partial charge is 0.228 e.